The zero-order chi connectivity index (χ0) is 48.6. The smallest absolute Gasteiger partial charge is 0.113 e. The first kappa shape index (κ1) is 49.0. The van der Waals surface area contributed by atoms with Crippen LogP contribution in [0.1, 0.15) is 178 Å². The molecule has 2 nitrogen and oxygen atoms in total. The van der Waals surface area contributed by atoms with Crippen LogP contribution in [-0.2, 0) is 10.8 Å². The van der Waals surface area contributed by atoms with Crippen LogP contribution in [0, 0.1) is 0 Å². The van der Waals surface area contributed by atoms with Crippen LogP contribution >= 0.6 is 11.7 Å². The highest BCUT2D eigenvalue weighted by molar-refractivity contribution is 7.00. The topological polar surface area (TPSA) is 25.8 Å². The molecular weight excluding hydrogens is 877 g/mol. The van der Waals surface area contributed by atoms with Crippen LogP contribution in [0.15, 0.2) is 146 Å². The fourth-order valence-electron chi connectivity index (χ4n) is 13.0. The normalized spacial score (nSPS) is 13.9. The molecule has 0 spiro atoms. The summed E-state index contributed by atoms with van der Waals surface area (Å²) in [6.45, 7) is 9.39. The average molecular weight is 953 g/mol. The number of benzene rings is 7. The highest BCUT2D eigenvalue weighted by Gasteiger charge is 2.45. The van der Waals surface area contributed by atoms with Gasteiger partial charge in [-0.2, -0.15) is 8.75 Å². The van der Waals surface area contributed by atoms with Gasteiger partial charge in [0.25, 0.3) is 0 Å². The van der Waals surface area contributed by atoms with Crippen LogP contribution < -0.4 is 0 Å². The number of nitrogens with zero attached hydrogens (tertiary/aromatic N) is 2. The highest BCUT2D eigenvalue weighted by Crippen LogP contribution is 2.58. The Morgan fingerprint density at radius 3 is 0.986 bits per heavy atom. The number of rotatable bonds is 24. The first-order valence-electron chi connectivity index (χ1n) is 28.0. The molecule has 10 rings (SSSR count). The minimum absolute atomic E-state index is 0.00379. The van der Waals surface area contributed by atoms with E-state index in [-0.39, 0.29) is 10.8 Å². The standard InChI is InChI=1S/C68H76N2S/c1-5-9-13-23-41-67(42-24-14-10-6-2)61-45-51(49-27-19-17-20-28-49)31-35-57(61)58-36-32-52(46-62(58)67)53-33-37-59-60-38-34-54(56-40-39-55(50-29-21-18-22-30-50)65-66(56)70-71-69-65)48-64(60)68(63(59)47-53,43-25-15-11-7-3)44-26-16-12-8-4/h17-22,27-40,45-48H,5-16,23-26,41-44H2,1-4H3. The Balaban J connectivity index is 1.10. The van der Waals surface area contributed by atoms with Gasteiger partial charge in [-0.3, -0.25) is 0 Å². The Morgan fingerprint density at radius 2 is 0.606 bits per heavy atom. The molecule has 0 atom stereocenters. The molecule has 1 heterocycles. The van der Waals surface area contributed by atoms with Gasteiger partial charge in [-0.05, 0) is 128 Å². The molecule has 0 saturated heterocycles. The van der Waals surface area contributed by atoms with Crippen LogP contribution in [0.3, 0.4) is 0 Å². The summed E-state index contributed by atoms with van der Waals surface area (Å²) in [7, 11) is 0. The van der Waals surface area contributed by atoms with E-state index in [1.165, 1.54) is 207 Å². The number of fused-ring (bicyclic) bond motifs is 7. The summed E-state index contributed by atoms with van der Waals surface area (Å²) in [5.74, 6) is 0. The number of unbranched alkanes of at least 4 members (excludes halogenated alkanes) is 12. The molecule has 3 heteroatoms. The zero-order valence-corrected chi connectivity index (χ0v) is 44.1. The van der Waals surface area contributed by atoms with Crippen LogP contribution in [0.4, 0.5) is 0 Å². The second kappa shape index (κ2) is 22.4. The molecule has 0 bridgehead atoms. The zero-order valence-electron chi connectivity index (χ0n) is 43.3. The van der Waals surface area contributed by atoms with Gasteiger partial charge >= 0.3 is 0 Å². The third kappa shape index (κ3) is 9.61. The van der Waals surface area contributed by atoms with Crippen molar-refractivity contribution in [2.75, 3.05) is 0 Å². The van der Waals surface area contributed by atoms with Crippen molar-refractivity contribution in [1.82, 2.24) is 8.75 Å². The highest BCUT2D eigenvalue weighted by atomic mass is 32.1. The number of hydrogen-bond donors (Lipinski definition) is 0. The first-order chi connectivity index (χ1) is 35.0. The van der Waals surface area contributed by atoms with E-state index in [1.54, 1.807) is 16.7 Å². The van der Waals surface area contributed by atoms with Crippen LogP contribution in [0.2, 0.25) is 0 Å². The lowest BCUT2D eigenvalue weighted by molar-refractivity contribution is 0.401. The van der Waals surface area contributed by atoms with Gasteiger partial charge in [-0.1, -0.05) is 252 Å². The van der Waals surface area contributed by atoms with E-state index in [1.807, 2.05) is 0 Å². The van der Waals surface area contributed by atoms with Crippen molar-refractivity contribution >= 4 is 22.8 Å². The summed E-state index contributed by atoms with van der Waals surface area (Å²) >= 11 is 1.33. The lowest BCUT2D eigenvalue weighted by atomic mass is 9.69. The molecule has 0 N–H and O–H groups in total. The van der Waals surface area contributed by atoms with Gasteiger partial charge in [-0.25, -0.2) is 0 Å². The summed E-state index contributed by atoms with van der Waals surface area (Å²) in [4.78, 5) is 0. The Kier molecular flexibility index (Phi) is 15.5. The van der Waals surface area contributed by atoms with E-state index in [0.29, 0.717) is 0 Å². The van der Waals surface area contributed by atoms with E-state index < -0.39 is 0 Å². The number of aromatic nitrogens is 2. The van der Waals surface area contributed by atoms with Crippen LogP contribution in [0.25, 0.3) is 77.8 Å². The maximum absolute atomic E-state index is 4.98. The number of hydrogen-bond acceptors (Lipinski definition) is 3. The fraction of sp³-hybridized carbons (Fsp3) is 0.382. The van der Waals surface area contributed by atoms with Gasteiger partial charge in [-0.15, -0.1) is 0 Å². The van der Waals surface area contributed by atoms with Gasteiger partial charge in [0.1, 0.15) is 11.0 Å². The van der Waals surface area contributed by atoms with Crippen molar-refractivity contribution in [2.45, 2.75) is 167 Å². The maximum atomic E-state index is 4.98. The third-order valence-corrected chi connectivity index (χ3v) is 17.3. The largest absolute Gasteiger partial charge is 0.172 e. The van der Waals surface area contributed by atoms with Crippen molar-refractivity contribution < 1.29 is 0 Å². The molecule has 0 unspecified atom stereocenters. The van der Waals surface area contributed by atoms with Gasteiger partial charge < -0.3 is 0 Å². The lowest BCUT2D eigenvalue weighted by Gasteiger charge is -2.34. The van der Waals surface area contributed by atoms with Crippen molar-refractivity contribution in [2.24, 2.45) is 0 Å². The summed E-state index contributed by atoms with van der Waals surface area (Å²) < 4.78 is 9.88. The molecule has 71 heavy (non-hydrogen) atoms. The fourth-order valence-corrected chi connectivity index (χ4v) is 13.6. The Hall–Kier alpha value is -5.64. The predicted octanol–water partition coefficient (Wildman–Crippen LogP) is 20.8. The molecule has 0 aliphatic heterocycles. The predicted molar refractivity (Wildman–Crippen MR) is 307 cm³/mol. The molecular formula is C68H76N2S. The summed E-state index contributed by atoms with van der Waals surface area (Å²) in [6, 6.07) is 56.5. The van der Waals surface area contributed by atoms with E-state index >= 15 is 0 Å². The van der Waals surface area contributed by atoms with Gasteiger partial charge in [0.2, 0.25) is 0 Å². The Bertz CT molecular complexity index is 3030. The minimum Gasteiger partial charge on any atom is -0.172 e. The van der Waals surface area contributed by atoms with Crippen molar-refractivity contribution in [3.8, 4) is 66.8 Å². The average Bonchev–Trinajstić information content (AvgIpc) is 4.09. The monoisotopic (exact) mass is 953 g/mol. The lowest BCUT2D eigenvalue weighted by Crippen LogP contribution is -2.26. The molecule has 7 aromatic carbocycles. The summed E-state index contributed by atoms with van der Waals surface area (Å²) in [6.07, 6.45) is 25.1. The van der Waals surface area contributed by atoms with Crippen molar-refractivity contribution in [3.05, 3.63) is 168 Å². The Labute approximate surface area is 430 Å². The summed E-state index contributed by atoms with van der Waals surface area (Å²) in [5, 5.41) is 0. The molecule has 2 aliphatic rings. The first-order valence-corrected chi connectivity index (χ1v) is 28.7. The van der Waals surface area contributed by atoms with Crippen molar-refractivity contribution in [3.63, 3.8) is 0 Å². The SMILES string of the molecule is CCCCCCC1(CCCCCC)c2cc(-c3ccccc3)ccc2-c2ccc(-c3ccc4c(c3)C(CCCCCC)(CCCCCC)c3cc(-c5ccc(-c6ccccc6)c6nsnc56)ccc3-4)cc21. The maximum Gasteiger partial charge on any atom is 0.113 e. The second-order valence-corrected chi connectivity index (χ2v) is 21.8. The van der Waals surface area contributed by atoms with E-state index in [0.717, 1.165) is 16.6 Å². The van der Waals surface area contributed by atoms with Crippen LogP contribution in [-0.4, -0.2) is 8.75 Å². The second-order valence-electron chi connectivity index (χ2n) is 21.3. The molecule has 1 aromatic heterocycles. The van der Waals surface area contributed by atoms with E-state index in [2.05, 4.69) is 173 Å². The molecule has 0 fully saturated rings. The van der Waals surface area contributed by atoms with Gasteiger partial charge in [0.05, 0.1) is 11.7 Å². The van der Waals surface area contributed by atoms with E-state index in [9.17, 15) is 0 Å². The molecule has 364 valence electrons. The van der Waals surface area contributed by atoms with Crippen LogP contribution in [0.5, 0.6) is 0 Å². The van der Waals surface area contributed by atoms with Gasteiger partial charge in [0, 0.05) is 22.0 Å². The molecule has 2 aliphatic carbocycles. The minimum atomic E-state index is -0.0648. The van der Waals surface area contributed by atoms with Crippen molar-refractivity contribution in [1.29, 1.82) is 0 Å². The molecule has 0 radical (unpaired) electrons. The van der Waals surface area contributed by atoms with E-state index in [4.69, 9.17) is 8.75 Å². The quantitative estimate of drug-likeness (QED) is 0.0564. The van der Waals surface area contributed by atoms with Gasteiger partial charge in [0.15, 0.2) is 0 Å². The Morgan fingerprint density at radius 1 is 0.296 bits per heavy atom. The molecule has 8 aromatic rings. The summed E-state index contributed by atoms with van der Waals surface area (Å²) in [5.41, 5.74) is 24.1. The molecule has 0 amide bonds. The molecule has 0 saturated carbocycles. The third-order valence-electron chi connectivity index (χ3n) is 16.8.